The SMILES string of the molecule is Fc1nc(F)c(Cl)c(CBr)c1F.Fc1nc(F)c(Cl)c(F)c1F.O=C(Cc1c(F)c(F)nc(F)c1Cl)OCc1ccccc1.O=C(O)Cc1c(F)c(F)nc(F)c1Cl.O=C(OCc1c(F)c(F)nc(F)c1Cl)c1ccccc1.O=C(OCc1cc(F)nc(F)c1F)c1ccccc1.O=C(OCc1ccccc1)C(C(=O)OCc1ccccc1)c1c(F)c(F)nc(F)c1Cl. The lowest BCUT2D eigenvalue weighted by Gasteiger charge is -2.18. The van der Waals surface area contributed by atoms with Crippen LogP contribution >= 0.6 is 85.5 Å². The van der Waals surface area contributed by atoms with Gasteiger partial charge in [0.2, 0.25) is 47.5 Å². The molecule has 48 heteroatoms. The molecule has 0 atom stereocenters. The highest BCUT2D eigenvalue weighted by atomic mass is 79.9. The normalized spacial score (nSPS) is 10.5. The smallest absolute Gasteiger partial charge is 0.338 e. The van der Waals surface area contributed by atoms with E-state index in [0.717, 1.165) is 5.56 Å². The third-order valence-electron chi connectivity index (χ3n) is 15.2. The highest BCUT2D eigenvalue weighted by molar-refractivity contribution is 9.08. The van der Waals surface area contributed by atoms with Crippen LogP contribution in [0.3, 0.4) is 0 Å². The van der Waals surface area contributed by atoms with Gasteiger partial charge in [-0.15, -0.1) is 0 Å². The Balaban J connectivity index is 0.000000236. The molecular formula is C80H44BrCl6F22N7O12. The first kappa shape index (κ1) is 104. The van der Waals surface area contributed by atoms with Gasteiger partial charge in [0, 0.05) is 39.2 Å². The number of rotatable bonds is 20. The maximum atomic E-state index is 14.4. The number of alkyl halides is 1. The molecule has 0 radical (unpaired) electrons. The quantitative estimate of drug-likeness (QED) is 0.0186. The Bertz CT molecular complexity index is 5760. The van der Waals surface area contributed by atoms with Crippen LogP contribution in [0.4, 0.5) is 96.6 Å². The number of carbonyl (C=O) groups excluding carboxylic acids is 5. The topological polar surface area (TPSA) is 259 Å². The number of aromatic nitrogens is 7. The number of carbonyl (C=O) groups is 6. The monoisotopic (exact) mass is 2000 g/mol. The zero-order valence-corrected chi connectivity index (χ0v) is 68.9. The summed E-state index contributed by atoms with van der Waals surface area (Å²) in [5.74, 6) is -42.3. The van der Waals surface area contributed by atoms with Crippen molar-refractivity contribution in [2.24, 2.45) is 0 Å². The van der Waals surface area contributed by atoms with Gasteiger partial charge in [-0.25, -0.2) is 40.3 Å². The van der Waals surface area contributed by atoms with Crippen molar-refractivity contribution >= 4 is 121 Å². The van der Waals surface area contributed by atoms with Crippen molar-refractivity contribution in [1.82, 2.24) is 34.9 Å². The molecule has 1 N–H and O–H groups in total. The second kappa shape index (κ2) is 50.3. The Morgan fingerprint density at radius 3 is 1.00 bits per heavy atom. The number of carboxylic acids is 1. The van der Waals surface area contributed by atoms with Crippen molar-refractivity contribution in [1.29, 1.82) is 0 Å². The average Bonchev–Trinajstić information content (AvgIpc) is 0.780. The van der Waals surface area contributed by atoms with E-state index in [4.69, 9.17) is 98.4 Å². The lowest BCUT2D eigenvalue weighted by atomic mass is 9.99. The van der Waals surface area contributed by atoms with E-state index in [9.17, 15) is 125 Å². The van der Waals surface area contributed by atoms with Gasteiger partial charge in [-0.1, -0.05) is 213 Å². The van der Waals surface area contributed by atoms with Crippen molar-refractivity contribution in [2.45, 2.75) is 57.1 Å². The van der Waals surface area contributed by atoms with Crippen LogP contribution in [0.15, 0.2) is 158 Å². The number of aliphatic carboxylic acids is 1. The predicted molar refractivity (Wildman–Crippen MR) is 409 cm³/mol. The summed E-state index contributed by atoms with van der Waals surface area (Å²) < 4.78 is 309. The van der Waals surface area contributed by atoms with E-state index in [-0.39, 0.29) is 41.8 Å². The van der Waals surface area contributed by atoms with E-state index in [1.165, 1.54) is 24.3 Å². The molecule has 19 nitrogen and oxygen atoms in total. The molecule has 7 aromatic heterocycles. The van der Waals surface area contributed by atoms with Gasteiger partial charge >= 0.3 is 35.8 Å². The number of hydrogen-bond acceptors (Lipinski definition) is 18. The minimum Gasteiger partial charge on any atom is -0.481 e. The number of halogens is 29. The fraction of sp³-hybridized carbons (Fsp3) is 0.113. The Morgan fingerprint density at radius 2 is 0.609 bits per heavy atom. The molecule has 5 aromatic carbocycles. The van der Waals surface area contributed by atoms with Gasteiger partial charge in [0.1, 0.15) is 63.2 Å². The van der Waals surface area contributed by atoms with Crippen LogP contribution in [0.2, 0.25) is 30.1 Å². The molecule has 0 amide bonds. The molecule has 0 bridgehead atoms. The molecule has 0 saturated heterocycles. The minimum atomic E-state index is -2.16. The molecule has 0 unspecified atom stereocenters. The van der Waals surface area contributed by atoms with Gasteiger partial charge in [0.25, 0.3) is 41.6 Å². The van der Waals surface area contributed by atoms with Crippen molar-refractivity contribution in [2.75, 3.05) is 0 Å². The van der Waals surface area contributed by atoms with Crippen molar-refractivity contribution in [3.8, 4) is 0 Å². The first-order valence-corrected chi connectivity index (χ1v) is 37.5. The largest absolute Gasteiger partial charge is 0.481 e. The van der Waals surface area contributed by atoms with Gasteiger partial charge in [-0.3, -0.25) is 19.2 Å². The summed E-state index contributed by atoms with van der Waals surface area (Å²) in [6.07, 6.45) is -1.59. The van der Waals surface area contributed by atoms with E-state index in [1.807, 2.05) is 0 Å². The van der Waals surface area contributed by atoms with Gasteiger partial charge in [0.15, 0.2) is 46.6 Å². The van der Waals surface area contributed by atoms with E-state index < -0.39 is 256 Å². The zero-order chi connectivity index (χ0) is 95.1. The Hall–Kier alpha value is -12.4. The number of pyridine rings is 7. The summed E-state index contributed by atoms with van der Waals surface area (Å²) in [5.41, 5.74) is -1.30. The summed E-state index contributed by atoms with van der Waals surface area (Å²) >= 11 is 34.9. The fourth-order valence-electron chi connectivity index (χ4n) is 9.15. The molecule has 0 aliphatic carbocycles. The number of ether oxygens (including phenoxy) is 5. The second-order valence-corrected chi connectivity index (χ2v) is 26.6. The van der Waals surface area contributed by atoms with E-state index in [2.05, 4.69) is 50.8 Å². The molecule has 0 spiro atoms. The lowest BCUT2D eigenvalue weighted by molar-refractivity contribution is -0.159. The molecule has 128 heavy (non-hydrogen) atoms. The van der Waals surface area contributed by atoms with Crippen molar-refractivity contribution in [3.63, 3.8) is 0 Å². The number of esters is 5. The van der Waals surface area contributed by atoms with Gasteiger partial charge in [-0.2, -0.15) is 101 Å². The second-order valence-electron chi connectivity index (χ2n) is 23.8. The first-order chi connectivity index (χ1) is 60.5. The number of nitrogens with zero attached hydrogens (tertiary/aromatic N) is 7. The standard InChI is InChI=1S/C22H15ClF3NO4.C14H9ClF3NO2.C13H7ClF3NO2.C13H8F3NO2.C7H3ClF3NO2.C6H2BrClF3N.C5ClF4N/c23-17-15(18(24)20(26)27-19(17)25)16(21(28)30-11-13-7-3-1-4-8-13)22(29)31-12-14-9-5-2-6-10-14;15-11-9(12(16)14(18)19-13(11)17)6-10(20)21-7-8-4-2-1-3-5-8;14-9-8(10(15)12(17)18-11(9)16)6-20-13(19)7-4-2-1-3-5-7;14-10-6-9(11(15)12(16)17-10)7-19-13(18)8-4-2-1-3-5-8;8-4-2(1-3(13)14)5(9)7(11)12-6(4)10;7-1-2-3(8)5(10)12-6(11)4(2)9;6-1-2(7)3(8)5(10)11-4(1)9/h1-10,16H,11-12H2;1-5H,6-7H2;1-5H,6H2;1-6H,7H2;1H2,(H,13,14);1H2;. The van der Waals surface area contributed by atoms with Crippen LogP contribution in [0.1, 0.15) is 76.7 Å². The molecule has 12 aromatic rings. The van der Waals surface area contributed by atoms with E-state index >= 15 is 0 Å². The highest BCUT2D eigenvalue weighted by Crippen LogP contribution is 2.34. The molecule has 12 rings (SSSR count). The van der Waals surface area contributed by atoms with Gasteiger partial charge in [-0.05, 0) is 41.0 Å². The summed E-state index contributed by atoms with van der Waals surface area (Å²) in [6.45, 7) is -1.84. The van der Waals surface area contributed by atoms with Crippen LogP contribution < -0.4 is 0 Å². The van der Waals surface area contributed by atoms with Crippen LogP contribution in [0.25, 0.3) is 0 Å². The molecular weight excluding hydrogens is 1960 g/mol. The molecule has 0 saturated carbocycles. The van der Waals surface area contributed by atoms with Gasteiger partial charge in [0.05, 0.1) is 29.5 Å². The van der Waals surface area contributed by atoms with Crippen LogP contribution in [-0.4, -0.2) is 75.8 Å². The molecule has 7 heterocycles. The number of carboxylic acid groups (broad SMARTS) is 1. The predicted octanol–water partition coefficient (Wildman–Crippen LogP) is 21.6. The summed E-state index contributed by atoms with van der Waals surface area (Å²) in [6, 6.07) is 42.1. The Labute approximate surface area is 742 Å². The van der Waals surface area contributed by atoms with Crippen LogP contribution in [0.5, 0.6) is 0 Å². The molecule has 0 aliphatic rings. The third-order valence-corrected chi connectivity index (χ3v) is 18.0. The summed E-state index contributed by atoms with van der Waals surface area (Å²) in [4.78, 5) is 88.5. The maximum absolute atomic E-state index is 14.4. The number of hydrogen-bond donors (Lipinski definition) is 1. The molecule has 0 aliphatic heterocycles. The highest BCUT2D eigenvalue weighted by Gasteiger charge is 2.39. The first-order valence-electron chi connectivity index (χ1n) is 34.1. The molecule has 674 valence electrons. The average molecular weight is 2010 g/mol. The summed E-state index contributed by atoms with van der Waals surface area (Å²) in [5, 5.41) is 3.32. The van der Waals surface area contributed by atoms with E-state index in [1.54, 1.807) is 127 Å². The fourth-order valence-corrected chi connectivity index (χ4v) is 11.0. The van der Waals surface area contributed by atoms with E-state index in [0.29, 0.717) is 17.2 Å². The zero-order valence-electron chi connectivity index (χ0n) is 62.8. The van der Waals surface area contributed by atoms with Crippen LogP contribution in [0, 0.1) is 130 Å². The minimum absolute atomic E-state index is 0.0328. The van der Waals surface area contributed by atoms with Crippen molar-refractivity contribution < 1.29 is 154 Å². The Morgan fingerprint density at radius 1 is 0.305 bits per heavy atom. The van der Waals surface area contributed by atoms with Gasteiger partial charge < -0.3 is 28.8 Å². The number of benzene rings is 5. The maximum Gasteiger partial charge on any atom is 0.338 e. The third kappa shape index (κ3) is 30.2. The Kier molecular flexibility index (Phi) is 41.0. The molecule has 0 fully saturated rings. The van der Waals surface area contributed by atoms with Crippen LogP contribution in [-0.2, 0) is 94.1 Å². The van der Waals surface area contributed by atoms with Crippen molar-refractivity contribution in [3.05, 3.63) is 379 Å². The lowest BCUT2D eigenvalue weighted by Crippen LogP contribution is -2.28. The summed E-state index contributed by atoms with van der Waals surface area (Å²) in [7, 11) is 0.